The van der Waals surface area contributed by atoms with Crippen LogP contribution in [0.15, 0.2) is 16.2 Å². The molecule has 0 aromatic carbocycles. The first kappa shape index (κ1) is 14.5. The Hall–Kier alpha value is -1.89. The standard InChI is InChI=1S/C17H20N4O2S/c1-21(7-11-18-10-4-5-24-15(10)16(22)19-11)17(23)20-14-12-8-2-3-9(6-8)13(12)14/h4-5,8-9,12-14H,2-3,6-7H2,1H3,(H,20,23)(H,18,19,22)/t8-,9-,12-,13+,14?/m0/s1. The molecule has 0 aliphatic heterocycles. The molecular weight excluding hydrogens is 324 g/mol. The maximum absolute atomic E-state index is 12.5. The van der Waals surface area contributed by atoms with E-state index in [1.165, 1.54) is 30.6 Å². The third-order valence-corrected chi connectivity index (χ3v) is 7.03. The van der Waals surface area contributed by atoms with Crippen molar-refractivity contribution in [2.24, 2.45) is 23.7 Å². The molecule has 0 radical (unpaired) electrons. The van der Waals surface area contributed by atoms with Gasteiger partial charge < -0.3 is 15.2 Å². The molecule has 3 fully saturated rings. The van der Waals surface area contributed by atoms with Gasteiger partial charge in [-0.2, -0.15) is 0 Å². The Morgan fingerprint density at radius 3 is 2.92 bits per heavy atom. The van der Waals surface area contributed by atoms with E-state index in [-0.39, 0.29) is 11.6 Å². The Morgan fingerprint density at radius 1 is 1.42 bits per heavy atom. The number of aromatic amines is 1. The van der Waals surface area contributed by atoms with Crippen LogP contribution in [0.2, 0.25) is 0 Å². The molecule has 0 saturated heterocycles. The lowest BCUT2D eigenvalue weighted by atomic mass is 10.0. The van der Waals surface area contributed by atoms with Crippen molar-refractivity contribution in [1.29, 1.82) is 0 Å². The molecule has 2 aromatic rings. The Kier molecular flexibility index (Phi) is 3.04. The predicted octanol–water partition coefficient (Wildman–Crippen LogP) is 2.17. The summed E-state index contributed by atoms with van der Waals surface area (Å²) >= 11 is 1.38. The van der Waals surface area contributed by atoms with Crippen molar-refractivity contribution >= 4 is 27.6 Å². The number of thiophene rings is 1. The molecule has 3 aliphatic carbocycles. The quantitative estimate of drug-likeness (QED) is 0.896. The fourth-order valence-corrected chi connectivity index (χ4v) is 5.79. The van der Waals surface area contributed by atoms with E-state index in [0.717, 1.165) is 23.7 Å². The van der Waals surface area contributed by atoms with Gasteiger partial charge in [0.05, 0.1) is 12.1 Å². The van der Waals surface area contributed by atoms with Crippen molar-refractivity contribution in [2.75, 3.05) is 7.05 Å². The molecule has 24 heavy (non-hydrogen) atoms. The van der Waals surface area contributed by atoms with E-state index in [0.29, 0.717) is 28.6 Å². The summed E-state index contributed by atoms with van der Waals surface area (Å²) in [6.45, 7) is 0.307. The second-order valence-corrected chi connectivity index (χ2v) is 8.38. The van der Waals surface area contributed by atoms with Gasteiger partial charge in [-0.15, -0.1) is 11.3 Å². The Morgan fingerprint density at radius 2 is 2.17 bits per heavy atom. The molecule has 2 heterocycles. The predicted molar refractivity (Wildman–Crippen MR) is 91.8 cm³/mol. The smallest absolute Gasteiger partial charge is 0.317 e. The number of fused-ring (bicyclic) bond motifs is 6. The number of H-pyrrole nitrogens is 1. The maximum Gasteiger partial charge on any atom is 0.317 e. The van der Waals surface area contributed by atoms with Gasteiger partial charge in [0.25, 0.3) is 5.56 Å². The minimum absolute atomic E-state index is 0.0677. The van der Waals surface area contributed by atoms with Gasteiger partial charge in [-0.25, -0.2) is 9.78 Å². The van der Waals surface area contributed by atoms with Crippen LogP contribution in [0, 0.1) is 23.7 Å². The molecule has 3 saturated carbocycles. The van der Waals surface area contributed by atoms with Crippen LogP contribution in [-0.4, -0.2) is 34.0 Å². The molecule has 2 N–H and O–H groups in total. The highest BCUT2D eigenvalue weighted by Gasteiger charge is 2.65. The zero-order chi connectivity index (χ0) is 16.4. The number of rotatable bonds is 3. The second kappa shape index (κ2) is 5.05. The van der Waals surface area contributed by atoms with E-state index in [1.54, 1.807) is 11.9 Å². The summed E-state index contributed by atoms with van der Waals surface area (Å²) in [5, 5.41) is 5.05. The summed E-state index contributed by atoms with van der Waals surface area (Å²) in [6.07, 6.45) is 4.07. The number of carbonyl (C=O) groups is 1. The molecule has 7 heteroatoms. The summed E-state index contributed by atoms with van der Waals surface area (Å²) in [4.78, 5) is 33.3. The van der Waals surface area contributed by atoms with Gasteiger partial charge in [0.2, 0.25) is 0 Å². The Balaban J connectivity index is 1.25. The molecule has 6 nitrogen and oxygen atoms in total. The molecular formula is C17H20N4O2S. The maximum atomic E-state index is 12.5. The summed E-state index contributed by atoms with van der Waals surface area (Å²) in [7, 11) is 1.75. The molecule has 0 spiro atoms. The van der Waals surface area contributed by atoms with Gasteiger partial charge in [-0.05, 0) is 54.4 Å². The number of hydrogen-bond acceptors (Lipinski definition) is 4. The van der Waals surface area contributed by atoms with E-state index >= 15 is 0 Å². The molecule has 2 bridgehead atoms. The topological polar surface area (TPSA) is 78.1 Å². The zero-order valence-corrected chi connectivity index (χ0v) is 14.3. The first-order valence-corrected chi connectivity index (χ1v) is 9.48. The normalized spacial score (nSPS) is 32.8. The van der Waals surface area contributed by atoms with Crippen molar-refractivity contribution in [2.45, 2.75) is 31.8 Å². The highest BCUT2D eigenvalue weighted by molar-refractivity contribution is 7.17. The lowest BCUT2D eigenvalue weighted by Gasteiger charge is -2.19. The first-order chi connectivity index (χ1) is 11.6. The van der Waals surface area contributed by atoms with Crippen LogP contribution in [-0.2, 0) is 6.54 Å². The lowest BCUT2D eigenvalue weighted by molar-refractivity contribution is 0.203. The van der Waals surface area contributed by atoms with Gasteiger partial charge in [0.1, 0.15) is 10.5 Å². The summed E-state index contributed by atoms with van der Waals surface area (Å²) in [5.41, 5.74) is 0.563. The Labute approximate surface area is 143 Å². The highest BCUT2D eigenvalue weighted by Crippen LogP contribution is 2.65. The van der Waals surface area contributed by atoms with E-state index in [4.69, 9.17) is 0 Å². The van der Waals surface area contributed by atoms with Crippen molar-refractivity contribution in [3.8, 4) is 0 Å². The van der Waals surface area contributed by atoms with Crippen LogP contribution in [0.1, 0.15) is 25.1 Å². The summed E-state index contributed by atoms with van der Waals surface area (Å²) < 4.78 is 0.632. The van der Waals surface area contributed by atoms with E-state index < -0.39 is 0 Å². The van der Waals surface area contributed by atoms with Gasteiger partial charge >= 0.3 is 6.03 Å². The average molecular weight is 344 g/mol. The zero-order valence-electron chi connectivity index (χ0n) is 13.5. The number of nitrogens with one attached hydrogen (secondary N) is 2. The SMILES string of the molecule is CN(Cc1nc2ccsc2c(=O)[nH]1)C(=O)NC1[C@@H]2[C@H]3CC[C@@H](C3)[C@H]12. The summed E-state index contributed by atoms with van der Waals surface area (Å²) in [6, 6.07) is 2.14. The molecule has 5 atom stereocenters. The molecule has 5 rings (SSSR count). The van der Waals surface area contributed by atoms with E-state index in [1.807, 2.05) is 11.4 Å². The number of urea groups is 1. The number of carbonyl (C=O) groups excluding carboxylic acids is 1. The van der Waals surface area contributed by atoms with Crippen molar-refractivity contribution in [1.82, 2.24) is 20.2 Å². The third kappa shape index (κ3) is 2.10. The molecule has 2 amide bonds. The molecule has 1 unspecified atom stereocenters. The number of aromatic nitrogens is 2. The van der Waals surface area contributed by atoms with Crippen LogP contribution in [0.3, 0.4) is 0 Å². The lowest BCUT2D eigenvalue weighted by Crippen LogP contribution is -2.40. The number of hydrogen-bond donors (Lipinski definition) is 2. The highest BCUT2D eigenvalue weighted by atomic mass is 32.1. The van der Waals surface area contributed by atoms with Gasteiger partial charge in [-0.3, -0.25) is 4.79 Å². The van der Waals surface area contributed by atoms with Crippen molar-refractivity contribution in [3.05, 3.63) is 27.6 Å². The second-order valence-electron chi connectivity index (χ2n) is 7.47. The minimum atomic E-state index is -0.132. The molecule has 2 aromatic heterocycles. The van der Waals surface area contributed by atoms with Gasteiger partial charge in [-0.1, -0.05) is 0 Å². The van der Waals surface area contributed by atoms with Crippen LogP contribution >= 0.6 is 11.3 Å². The fraction of sp³-hybridized carbons (Fsp3) is 0.588. The van der Waals surface area contributed by atoms with E-state index in [2.05, 4.69) is 15.3 Å². The van der Waals surface area contributed by atoms with Crippen LogP contribution in [0.5, 0.6) is 0 Å². The number of nitrogens with zero attached hydrogens (tertiary/aromatic N) is 2. The Bertz CT molecular complexity index is 859. The largest absolute Gasteiger partial charge is 0.335 e. The first-order valence-electron chi connectivity index (χ1n) is 8.60. The monoisotopic (exact) mass is 344 g/mol. The van der Waals surface area contributed by atoms with Gasteiger partial charge in [0.15, 0.2) is 0 Å². The van der Waals surface area contributed by atoms with Crippen molar-refractivity contribution in [3.63, 3.8) is 0 Å². The van der Waals surface area contributed by atoms with Crippen LogP contribution in [0.25, 0.3) is 10.2 Å². The molecule has 126 valence electrons. The summed E-state index contributed by atoms with van der Waals surface area (Å²) in [5.74, 6) is 3.66. The van der Waals surface area contributed by atoms with Gasteiger partial charge in [0, 0.05) is 13.1 Å². The van der Waals surface area contributed by atoms with Crippen molar-refractivity contribution < 1.29 is 4.79 Å². The fourth-order valence-electron chi connectivity index (χ4n) is 5.06. The minimum Gasteiger partial charge on any atom is -0.335 e. The van der Waals surface area contributed by atoms with Crippen LogP contribution in [0.4, 0.5) is 4.79 Å². The van der Waals surface area contributed by atoms with Crippen LogP contribution < -0.4 is 10.9 Å². The molecule has 3 aliphatic rings. The average Bonchev–Trinajstić information content (AvgIpc) is 2.97. The third-order valence-electron chi connectivity index (χ3n) is 6.12. The van der Waals surface area contributed by atoms with E-state index in [9.17, 15) is 9.59 Å². The number of amides is 2.